The fourth-order valence-electron chi connectivity index (χ4n) is 7.19. The molecule has 0 aromatic carbocycles. The van der Waals surface area contributed by atoms with Gasteiger partial charge >= 0.3 is 17.9 Å². The van der Waals surface area contributed by atoms with Crippen LogP contribution in [0, 0.1) is 0 Å². The van der Waals surface area contributed by atoms with Crippen molar-refractivity contribution in [3.8, 4) is 0 Å². The number of ether oxygens (including phenoxy) is 3. The molecular formula is C51H94O6. The first-order chi connectivity index (χ1) is 28.0. The molecule has 0 amide bonds. The molecule has 0 fully saturated rings. The molecule has 1 unspecified atom stereocenters. The zero-order valence-electron chi connectivity index (χ0n) is 38.1. The van der Waals surface area contributed by atoms with E-state index < -0.39 is 6.10 Å². The van der Waals surface area contributed by atoms with Crippen LogP contribution < -0.4 is 0 Å². The first kappa shape index (κ1) is 54.9. The maximum atomic E-state index is 12.7. The highest BCUT2D eigenvalue weighted by Crippen LogP contribution is 2.16. The third kappa shape index (κ3) is 44.8. The maximum absolute atomic E-state index is 12.7. The molecule has 0 bridgehead atoms. The summed E-state index contributed by atoms with van der Waals surface area (Å²) in [4.78, 5) is 37.6. The van der Waals surface area contributed by atoms with Crippen LogP contribution >= 0.6 is 0 Å². The molecule has 0 aromatic rings. The predicted octanol–water partition coefficient (Wildman–Crippen LogP) is 16.0. The Kier molecular flexibility index (Phi) is 44.9. The van der Waals surface area contributed by atoms with Crippen molar-refractivity contribution < 1.29 is 28.6 Å². The molecule has 0 saturated carbocycles. The van der Waals surface area contributed by atoms with Crippen LogP contribution in [-0.4, -0.2) is 37.2 Å². The Balaban J connectivity index is 4.15. The van der Waals surface area contributed by atoms with Gasteiger partial charge in [0.05, 0.1) is 0 Å². The van der Waals surface area contributed by atoms with E-state index in [0.717, 1.165) is 89.9 Å². The van der Waals surface area contributed by atoms with Gasteiger partial charge in [-0.2, -0.15) is 0 Å². The molecule has 0 heterocycles. The molecule has 0 aliphatic rings. The van der Waals surface area contributed by atoms with Gasteiger partial charge in [0, 0.05) is 19.3 Å². The molecule has 0 aromatic heterocycles. The fourth-order valence-corrected chi connectivity index (χ4v) is 7.19. The van der Waals surface area contributed by atoms with Crippen molar-refractivity contribution in [2.24, 2.45) is 0 Å². The summed E-state index contributed by atoms with van der Waals surface area (Å²) in [6.45, 7) is 6.52. The number of hydrogen-bond acceptors (Lipinski definition) is 6. The predicted molar refractivity (Wildman–Crippen MR) is 243 cm³/mol. The Hall–Kier alpha value is -2.11. The topological polar surface area (TPSA) is 78.9 Å². The van der Waals surface area contributed by atoms with E-state index in [0.29, 0.717) is 19.3 Å². The fraction of sp³-hybridized carbons (Fsp3) is 0.863. The summed E-state index contributed by atoms with van der Waals surface area (Å²) in [5, 5.41) is 0. The maximum Gasteiger partial charge on any atom is 0.306 e. The van der Waals surface area contributed by atoms with E-state index in [2.05, 4.69) is 45.1 Å². The number of esters is 3. The van der Waals surface area contributed by atoms with Gasteiger partial charge in [0.1, 0.15) is 13.2 Å². The number of hydrogen-bond donors (Lipinski definition) is 0. The molecule has 6 nitrogen and oxygen atoms in total. The summed E-state index contributed by atoms with van der Waals surface area (Å²) in [5.41, 5.74) is 0. The van der Waals surface area contributed by atoms with Gasteiger partial charge in [0.25, 0.3) is 0 Å². The normalized spacial score (nSPS) is 12.1. The van der Waals surface area contributed by atoms with Gasteiger partial charge in [0.15, 0.2) is 6.10 Å². The SMILES string of the molecule is CCC/C=C\C/C=C\CCCCCCCC(=O)OC(COC(=O)CCCCCCCC)COC(=O)CCCCCCCCCCCCCCCCCCCCCC. The summed E-state index contributed by atoms with van der Waals surface area (Å²) in [5.74, 6) is -0.888. The number of allylic oxidation sites excluding steroid dienone is 4. The molecule has 0 spiro atoms. The van der Waals surface area contributed by atoms with Crippen molar-refractivity contribution in [1.29, 1.82) is 0 Å². The highest BCUT2D eigenvalue weighted by Gasteiger charge is 2.19. The molecule has 6 heteroatoms. The molecular weight excluding hydrogens is 709 g/mol. The summed E-state index contributed by atoms with van der Waals surface area (Å²) in [7, 11) is 0. The van der Waals surface area contributed by atoms with Gasteiger partial charge in [-0.25, -0.2) is 0 Å². The van der Waals surface area contributed by atoms with Crippen LogP contribution in [0.5, 0.6) is 0 Å². The summed E-state index contributed by atoms with van der Waals surface area (Å²) < 4.78 is 16.7. The minimum Gasteiger partial charge on any atom is -0.462 e. The van der Waals surface area contributed by atoms with Gasteiger partial charge in [-0.3, -0.25) is 14.4 Å². The standard InChI is InChI=1S/C51H94O6/c1-4-7-10-13-16-18-20-22-23-24-25-26-27-28-30-31-33-35-38-41-44-50(53)56-47-48(46-55-49(52)43-40-37-15-12-9-6-3)57-51(54)45-42-39-36-34-32-29-21-19-17-14-11-8-5-2/h11,14,19,21,48H,4-10,12-13,15-18,20,22-47H2,1-3H3/b14-11-,21-19-. The summed E-state index contributed by atoms with van der Waals surface area (Å²) in [6, 6.07) is 0. The number of carbonyl (C=O) groups is 3. The van der Waals surface area contributed by atoms with Crippen molar-refractivity contribution in [3.63, 3.8) is 0 Å². The Morgan fingerprint density at radius 2 is 0.667 bits per heavy atom. The van der Waals surface area contributed by atoms with E-state index in [4.69, 9.17) is 14.2 Å². The van der Waals surface area contributed by atoms with Crippen molar-refractivity contribution in [2.45, 2.75) is 271 Å². The van der Waals surface area contributed by atoms with E-state index in [-0.39, 0.29) is 31.1 Å². The molecule has 0 rings (SSSR count). The third-order valence-electron chi connectivity index (χ3n) is 10.9. The average Bonchev–Trinajstić information content (AvgIpc) is 3.21. The van der Waals surface area contributed by atoms with E-state index in [1.165, 1.54) is 135 Å². The van der Waals surface area contributed by atoms with Crippen LogP contribution in [0.15, 0.2) is 24.3 Å². The number of carbonyl (C=O) groups excluding carboxylic acids is 3. The lowest BCUT2D eigenvalue weighted by molar-refractivity contribution is -0.167. The molecule has 0 saturated heterocycles. The highest BCUT2D eigenvalue weighted by molar-refractivity contribution is 5.71. The number of unbranched alkanes of at least 4 members (excludes halogenated alkanes) is 30. The van der Waals surface area contributed by atoms with Crippen molar-refractivity contribution in [2.75, 3.05) is 13.2 Å². The minimum atomic E-state index is -0.770. The second-order valence-electron chi connectivity index (χ2n) is 16.7. The van der Waals surface area contributed by atoms with Crippen LogP contribution in [0.25, 0.3) is 0 Å². The molecule has 0 aliphatic carbocycles. The van der Waals surface area contributed by atoms with E-state index >= 15 is 0 Å². The lowest BCUT2D eigenvalue weighted by Gasteiger charge is -2.18. The summed E-state index contributed by atoms with van der Waals surface area (Å²) >= 11 is 0. The van der Waals surface area contributed by atoms with Crippen LogP contribution in [0.2, 0.25) is 0 Å². The molecule has 57 heavy (non-hydrogen) atoms. The van der Waals surface area contributed by atoms with Gasteiger partial charge in [-0.05, 0) is 44.9 Å². The highest BCUT2D eigenvalue weighted by atomic mass is 16.6. The second kappa shape index (κ2) is 46.6. The van der Waals surface area contributed by atoms with E-state index in [9.17, 15) is 14.4 Å². The first-order valence-electron chi connectivity index (χ1n) is 24.8. The zero-order chi connectivity index (χ0) is 41.5. The van der Waals surface area contributed by atoms with Gasteiger partial charge in [0.2, 0.25) is 0 Å². The third-order valence-corrected chi connectivity index (χ3v) is 10.9. The van der Waals surface area contributed by atoms with Crippen molar-refractivity contribution in [1.82, 2.24) is 0 Å². The molecule has 0 radical (unpaired) electrons. The monoisotopic (exact) mass is 803 g/mol. The van der Waals surface area contributed by atoms with Crippen LogP contribution in [0.3, 0.4) is 0 Å². The molecule has 334 valence electrons. The smallest absolute Gasteiger partial charge is 0.306 e. The molecule has 1 atom stereocenters. The second-order valence-corrected chi connectivity index (χ2v) is 16.7. The first-order valence-corrected chi connectivity index (χ1v) is 24.8. The van der Waals surface area contributed by atoms with E-state index in [1.807, 2.05) is 0 Å². The number of rotatable bonds is 45. The average molecular weight is 803 g/mol. The van der Waals surface area contributed by atoms with Crippen LogP contribution in [-0.2, 0) is 28.6 Å². The van der Waals surface area contributed by atoms with Crippen LogP contribution in [0.1, 0.15) is 265 Å². The van der Waals surface area contributed by atoms with Gasteiger partial charge in [-0.1, -0.05) is 225 Å². The largest absolute Gasteiger partial charge is 0.462 e. The zero-order valence-corrected chi connectivity index (χ0v) is 38.1. The lowest BCUT2D eigenvalue weighted by atomic mass is 10.0. The Labute approximate surface area is 353 Å². The minimum absolute atomic E-state index is 0.0734. The Bertz CT molecular complexity index is 927. The van der Waals surface area contributed by atoms with Gasteiger partial charge in [-0.15, -0.1) is 0 Å². The molecule has 0 N–H and O–H groups in total. The summed E-state index contributed by atoms with van der Waals surface area (Å²) in [6.07, 6.45) is 51.9. The molecule has 0 aliphatic heterocycles. The van der Waals surface area contributed by atoms with Gasteiger partial charge < -0.3 is 14.2 Å². The quantitative estimate of drug-likeness (QED) is 0.0264. The van der Waals surface area contributed by atoms with Crippen molar-refractivity contribution in [3.05, 3.63) is 24.3 Å². The van der Waals surface area contributed by atoms with Crippen LogP contribution in [0.4, 0.5) is 0 Å². The van der Waals surface area contributed by atoms with Crippen molar-refractivity contribution >= 4 is 17.9 Å². The Morgan fingerprint density at radius 1 is 0.351 bits per heavy atom. The Morgan fingerprint density at radius 3 is 1.04 bits per heavy atom. The lowest BCUT2D eigenvalue weighted by Crippen LogP contribution is -2.30. The van der Waals surface area contributed by atoms with E-state index in [1.54, 1.807) is 0 Å².